The lowest BCUT2D eigenvalue weighted by molar-refractivity contribution is 0.102. The molecule has 0 saturated heterocycles. The average Bonchev–Trinajstić information content (AvgIpc) is 2.99. The quantitative estimate of drug-likeness (QED) is 0.124. The standard InChI is InChI=1S/C32H22N2O2S2/c1-37-31-25(29(35)19-9-5-3-6-10-19)17-21-13-16-24-23(27(21)33-31)15-14-22-18-26(32(38-2)34-28(22)24)30(36)20-11-7-4-8-12-20/h3-18H,1-2H3. The number of nitrogens with zero attached hydrogens (tertiary/aromatic N) is 2. The number of hydrogen-bond donors (Lipinski definition) is 0. The minimum absolute atomic E-state index is 0.0372. The minimum Gasteiger partial charge on any atom is -0.289 e. The van der Waals surface area contributed by atoms with Crippen molar-refractivity contribution in [3.8, 4) is 0 Å². The van der Waals surface area contributed by atoms with Crippen molar-refractivity contribution in [2.45, 2.75) is 10.1 Å². The zero-order valence-electron chi connectivity index (χ0n) is 20.8. The van der Waals surface area contributed by atoms with Crippen molar-refractivity contribution in [2.75, 3.05) is 12.5 Å². The lowest BCUT2D eigenvalue weighted by Crippen LogP contribution is -2.05. The molecule has 0 N–H and O–H groups in total. The van der Waals surface area contributed by atoms with Crippen LogP contribution in [0.25, 0.3) is 32.6 Å². The molecule has 0 spiro atoms. The normalized spacial score (nSPS) is 11.3. The third kappa shape index (κ3) is 4.16. The van der Waals surface area contributed by atoms with Crippen molar-refractivity contribution < 1.29 is 9.59 Å². The highest BCUT2D eigenvalue weighted by Gasteiger charge is 2.19. The van der Waals surface area contributed by atoms with E-state index >= 15 is 0 Å². The Morgan fingerprint density at radius 1 is 0.553 bits per heavy atom. The van der Waals surface area contributed by atoms with E-state index in [9.17, 15) is 9.59 Å². The number of carbonyl (C=O) groups is 2. The third-order valence-corrected chi connectivity index (χ3v) is 8.04. The van der Waals surface area contributed by atoms with E-state index in [1.54, 1.807) is 0 Å². The number of benzene rings is 4. The van der Waals surface area contributed by atoms with Crippen molar-refractivity contribution in [3.05, 3.63) is 119 Å². The molecule has 184 valence electrons. The van der Waals surface area contributed by atoms with Crippen LogP contribution in [-0.2, 0) is 0 Å². The molecular weight excluding hydrogens is 508 g/mol. The van der Waals surface area contributed by atoms with Gasteiger partial charge in [0, 0.05) is 32.7 Å². The Morgan fingerprint density at radius 2 is 0.947 bits per heavy atom. The van der Waals surface area contributed by atoms with Gasteiger partial charge in [0.2, 0.25) is 0 Å². The van der Waals surface area contributed by atoms with Gasteiger partial charge in [-0.3, -0.25) is 9.59 Å². The molecule has 0 amide bonds. The summed E-state index contributed by atoms with van der Waals surface area (Å²) in [6, 6.07) is 30.5. The van der Waals surface area contributed by atoms with Crippen LogP contribution in [0.4, 0.5) is 0 Å². The molecule has 0 unspecified atom stereocenters. The van der Waals surface area contributed by atoms with Gasteiger partial charge in [0.1, 0.15) is 10.1 Å². The van der Waals surface area contributed by atoms with E-state index in [1.165, 1.54) is 23.5 Å². The number of thioether (sulfide) groups is 2. The molecule has 2 aromatic heterocycles. The number of carbonyl (C=O) groups excluding carboxylic acids is 2. The fourth-order valence-corrected chi connectivity index (χ4v) is 5.88. The first kappa shape index (κ1) is 24.3. The molecule has 4 aromatic carbocycles. The summed E-state index contributed by atoms with van der Waals surface area (Å²) >= 11 is 2.93. The highest BCUT2D eigenvalue weighted by molar-refractivity contribution is 7.98. The molecule has 0 aliphatic carbocycles. The number of hydrogen-bond acceptors (Lipinski definition) is 6. The maximum Gasteiger partial charge on any atom is 0.195 e. The van der Waals surface area contributed by atoms with Crippen LogP contribution < -0.4 is 0 Å². The van der Waals surface area contributed by atoms with E-state index in [0.717, 1.165) is 32.6 Å². The van der Waals surface area contributed by atoms with Gasteiger partial charge in [0.05, 0.1) is 22.2 Å². The van der Waals surface area contributed by atoms with Crippen LogP contribution in [0.2, 0.25) is 0 Å². The monoisotopic (exact) mass is 530 g/mol. The van der Waals surface area contributed by atoms with Gasteiger partial charge in [-0.25, -0.2) is 9.97 Å². The second-order valence-electron chi connectivity index (χ2n) is 8.85. The van der Waals surface area contributed by atoms with Gasteiger partial charge in [-0.1, -0.05) is 84.9 Å². The molecule has 38 heavy (non-hydrogen) atoms. The SMILES string of the molecule is CSc1nc2c(ccc3c2ccc2cc(C(=O)c4ccccc4)c(SC)nc23)cc1C(=O)c1ccccc1. The summed E-state index contributed by atoms with van der Waals surface area (Å²) in [5.74, 6) is -0.0744. The highest BCUT2D eigenvalue weighted by Crippen LogP contribution is 2.35. The maximum atomic E-state index is 13.3. The maximum absolute atomic E-state index is 13.3. The average molecular weight is 531 g/mol. The van der Waals surface area contributed by atoms with Gasteiger partial charge in [0.25, 0.3) is 0 Å². The predicted molar refractivity (Wildman–Crippen MR) is 158 cm³/mol. The second-order valence-corrected chi connectivity index (χ2v) is 10.4. The first-order valence-electron chi connectivity index (χ1n) is 12.1. The third-order valence-electron chi connectivity index (χ3n) is 6.64. The summed E-state index contributed by atoms with van der Waals surface area (Å²) in [7, 11) is 0. The number of ketones is 2. The minimum atomic E-state index is -0.0372. The van der Waals surface area contributed by atoms with Gasteiger partial charge >= 0.3 is 0 Å². The Bertz CT molecular complexity index is 1730. The first-order valence-corrected chi connectivity index (χ1v) is 14.5. The summed E-state index contributed by atoms with van der Waals surface area (Å²) in [6.07, 6.45) is 3.88. The zero-order valence-corrected chi connectivity index (χ0v) is 22.4. The molecule has 0 saturated carbocycles. The van der Waals surface area contributed by atoms with Gasteiger partial charge < -0.3 is 0 Å². The fourth-order valence-electron chi connectivity index (χ4n) is 4.77. The summed E-state index contributed by atoms with van der Waals surface area (Å²) in [6.45, 7) is 0. The molecule has 6 heteroatoms. The van der Waals surface area contributed by atoms with Crippen LogP contribution in [0.1, 0.15) is 31.8 Å². The van der Waals surface area contributed by atoms with Crippen LogP contribution in [-0.4, -0.2) is 34.0 Å². The van der Waals surface area contributed by atoms with Crippen LogP contribution in [0, 0.1) is 0 Å². The van der Waals surface area contributed by atoms with E-state index in [1.807, 2.05) is 110 Å². The highest BCUT2D eigenvalue weighted by atomic mass is 32.2. The second kappa shape index (κ2) is 10.0. The van der Waals surface area contributed by atoms with Crippen LogP contribution in [0.5, 0.6) is 0 Å². The summed E-state index contributed by atoms with van der Waals surface area (Å²) < 4.78 is 0. The van der Waals surface area contributed by atoms with Crippen LogP contribution in [0.3, 0.4) is 0 Å². The molecule has 0 aliphatic heterocycles. The summed E-state index contributed by atoms with van der Waals surface area (Å²) in [5.41, 5.74) is 4.15. The Morgan fingerprint density at radius 3 is 1.32 bits per heavy atom. The van der Waals surface area contributed by atoms with Crippen molar-refractivity contribution in [1.29, 1.82) is 0 Å². The van der Waals surface area contributed by atoms with Crippen molar-refractivity contribution in [2.24, 2.45) is 0 Å². The molecular formula is C32H22N2O2S2. The van der Waals surface area contributed by atoms with E-state index in [0.29, 0.717) is 32.3 Å². The first-order chi connectivity index (χ1) is 18.6. The van der Waals surface area contributed by atoms with E-state index in [4.69, 9.17) is 9.97 Å². The van der Waals surface area contributed by atoms with Gasteiger partial charge in [-0.15, -0.1) is 23.5 Å². The topological polar surface area (TPSA) is 59.9 Å². The molecule has 0 bridgehead atoms. The fraction of sp³-hybridized carbons (Fsp3) is 0.0625. The number of rotatable bonds is 6. The number of aromatic nitrogens is 2. The van der Waals surface area contributed by atoms with E-state index in [2.05, 4.69) is 0 Å². The Kier molecular flexibility index (Phi) is 6.44. The van der Waals surface area contributed by atoms with E-state index in [-0.39, 0.29) is 11.6 Å². The van der Waals surface area contributed by atoms with Crippen molar-refractivity contribution >= 4 is 67.7 Å². The molecule has 0 fully saturated rings. The summed E-state index contributed by atoms with van der Waals surface area (Å²) in [5, 5.41) is 5.11. The lowest BCUT2D eigenvalue weighted by atomic mass is 9.98. The molecule has 0 radical (unpaired) electrons. The van der Waals surface area contributed by atoms with Gasteiger partial charge in [-0.05, 0) is 24.6 Å². The molecule has 4 nitrogen and oxygen atoms in total. The molecule has 6 rings (SSSR count). The lowest BCUT2D eigenvalue weighted by Gasteiger charge is -2.13. The Hall–Kier alpha value is -4.00. The van der Waals surface area contributed by atoms with E-state index < -0.39 is 0 Å². The number of fused-ring (bicyclic) bond motifs is 5. The Balaban J connectivity index is 1.53. The molecule has 6 aromatic rings. The molecule has 0 aliphatic rings. The van der Waals surface area contributed by atoms with Gasteiger partial charge in [-0.2, -0.15) is 0 Å². The molecule has 2 heterocycles. The molecule has 0 atom stereocenters. The van der Waals surface area contributed by atoms with Crippen LogP contribution >= 0.6 is 23.5 Å². The zero-order chi connectivity index (χ0) is 26.2. The van der Waals surface area contributed by atoms with Gasteiger partial charge in [0.15, 0.2) is 11.6 Å². The number of pyridine rings is 2. The van der Waals surface area contributed by atoms with Crippen molar-refractivity contribution in [1.82, 2.24) is 9.97 Å². The Labute approximate surface area is 228 Å². The van der Waals surface area contributed by atoms with Crippen molar-refractivity contribution in [3.63, 3.8) is 0 Å². The summed E-state index contributed by atoms with van der Waals surface area (Å²) in [4.78, 5) is 36.5. The van der Waals surface area contributed by atoms with Crippen LogP contribution in [0.15, 0.2) is 107 Å². The predicted octanol–water partition coefficient (Wildman–Crippen LogP) is 7.84. The largest absolute Gasteiger partial charge is 0.289 e. The smallest absolute Gasteiger partial charge is 0.195 e.